The topological polar surface area (TPSA) is 18.5 Å². The van der Waals surface area contributed by atoms with Crippen LogP contribution in [0, 0.1) is 27.7 Å². The van der Waals surface area contributed by atoms with Crippen LogP contribution in [0.5, 0.6) is 23.0 Å². The van der Waals surface area contributed by atoms with Crippen molar-refractivity contribution < 1.29 is 9.47 Å². The number of rotatable bonds is 8. The third kappa shape index (κ3) is 6.59. The Bertz CT molecular complexity index is 1310. The number of allylic oxidation sites excluding steroid dienone is 2. The van der Waals surface area contributed by atoms with E-state index in [1.807, 2.05) is 50.3 Å². The lowest BCUT2D eigenvalue weighted by Gasteiger charge is -2.14. The van der Waals surface area contributed by atoms with Crippen LogP contribution >= 0.6 is 0 Å². The molecule has 0 saturated heterocycles. The molecule has 0 unspecified atom stereocenters. The van der Waals surface area contributed by atoms with E-state index in [0.717, 1.165) is 40.5 Å². The van der Waals surface area contributed by atoms with Crippen LogP contribution < -0.4 is 9.47 Å². The summed E-state index contributed by atoms with van der Waals surface area (Å²) in [6.45, 7) is 12.5. The van der Waals surface area contributed by atoms with E-state index in [-0.39, 0.29) is 0 Å². The molecular formula is C35H36O2. The Morgan fingerprint density at radius 1 is 0.541 bits per heavy atom. The summed E-state index contributed by atoms with van der Waals surface area (Å²) >= 11 is 0. The molecule has 0 bridgehead atoms. The molecule has 0 aliphatic heterocycles. The van der Waals surface area contributed by atoms with Crippen LogP contribution in [0.3, 0.4) is 0 Å². The molecule has 2 nitrogen and oxygen atoms in total. The average Bonchev–Trinajstić information content (AvgIpc) is 2.86. The van der Waals surface area contributed by atoms with Crippen molar-refractivity contribution in [2.75, 3.05) is 0 Å². The van der Waals surface area contributed by atoms with E-state index in [1.165, 1.54) is 33.4 Å². The molecule has 0 amide bonds. The molecule has 2 heteroatoms. The highest BCUT2D eigenvalue weighted by Gasteiger charge is 2.09. The Hall–Kier alpha value is -4.04. The van der Waals surface area contributed by atoms with Gasteiger partial charge in [-0.1, -0.05) is 60.7 Å². The first-order valence-corrected chi connectivity index (χ1v) is 12.9. The van der Waals surface area contributed by atoms with E-state index in [9.17, 15) is 0 Å². The highest BCUT2D eigenvalue weighted by atomic mass is 16.5. The first-order valence-electron chi connectivity index (χ1n) is 12.9. The summed E-state index contributed by atoms with van der Waals surface area (Å²) in [6, 6.07) is 25.3. The van der Waals surface area contributed by atoms with Crippen molar-refractivity contribution in [2.24, 2.45) is 0 Å². The van der Waals surface area contributed by atoms with E-state index in [0.29, 0.717) is 0 Å². The Kier molecular flexibility index (Phi) is 8.30. The van der Waals surface area contributed by atoms with Crippen LogP contribution in [0.4, 0.5) is 0 Å². The molecule has 0 aliphatic rings. The van der Waals surface area contributed by atoms with E-state index < -0.39 is 0 Å². The number of benzene rings is 4. The molecule has 4 aromatic carbocycles. The maximum absolute atomic E-state index is 6.27. The van der Waals surface area contributed by atoms with Crippen molar-refractivity contribution in [1.82, 2.24) is 0 Å². The summed E-state index contributed by atoms with van der Waals surface area (Å²) in [5, 5.41) is 0. The minimum atomic E-state index is 0.841. The number of ether oxygens (including phenoxy) is 2. The fourth-order valence-corrected chi connectivity index (χ4v) is 4.65. The van der Waals surface area contributed by atoms with Gasteiger partial charge in [-0.3, -0.25) is 0 Å². The van der Waals surface area contributed by atoms with Gasteiger partial charge in [-0.2, -0.15) is 0 Å². The van der Waals surface area contributed by atoms with Crippen molar-refractivity contribution >= 4 is 12.2 Å². The third-order valence-electron chi connectivity index (χ3n) is 6.36. The lowest BCUT2D eigenvalue weighted by molar-refractivity contribution is 0.480. The Morgan fingerprint density at radius 2 is 0.919 bits per heavy atom. The predicted molar refractivity (Wildman–Crippen MR) is 157 cm³/mol. The fourth-order valence-electron chi connectivity index (χ4n) is 4.65. The number of hydrogen-bond donors (Lipinski definition) is 0. The largest absolute Gasteiger partial charge is 0.457 e. The van der Waals surface area contributed by atoms with Gasteiger partial charge < -0.3 is 9.47 Å². The lowest BCUT2D eigenvalue weighted by Crippen LogP contribution is -1.94. The molecule has 0 N–H and O–H groups in total. The summed E-state index contributed by atoms with van der Waals surface area (Å²) in [6.07, 6.45) is 9.15. The van der Waals surface area contributed by atoms with Gasteiger partial charge in [-0.25, -0.2) is 0 Å². The standard InChI is InChI=1S/C35H36O2/c1-7-9-32-26(5)19-24(3)21-34(32)36-30-15-11-28(12-16-30)23-29-13-17-31(18-14-29)37-35-22-25(4)20-27(6)33(35)10-8-2/h7-22H,23H2,1-6H3. The summed E-state index contributed by atoms with van der Waals surface area (Å²) in [4.78, 5) is 0. The van der Waals surface area contributed by atoms with E-state index >= 15 is 0 Å². The quantitative estimate of drug-likeness (QED) is 0.246. The number of aryl methyl sites for hydroxylation is 4. The van der Waals surface area contributed by atoms with Gasteiger partial charge >= 0.3 is 0 Å². The maximum atomic E-state index is 6.27. The second-order valence-corrected chi connectivity index (χ2v) is 9.66. The van der Waals surface area contributed by atoms with Crippen molar-refractivity contribution in [3.63, 3.8) is 0 Å². The van der Waals surface area contributed by atoms with Crippen LogP contribution in [0.2, 0.25) is 0 Å². The van der Waals surface area contributed by atoms with Crippen molar-refractivity contribution in [1.29, 1.82) is 0 Å². The smallest absolute Gasteiger partial charge is 0.135 e. The van der Waals surface area contributed by atoms with Crippen LogP contribution in [-0.2, 0) is 6.42 Å². The first kappa shape index (κ1) is 26.0. The second kappa shape index (κ2) is 11.8. The zero-order valence-corrected chi connectivity index (χ0v) is 22.8. The molecule has 4 aromatic rings. The molecule has 4 rings (SSSR count). The molecular weight excluding hydrogens is 452 g/mol. The van der Waals surface area contributed by atoms with Crippen molar-refractivity contribution in [2.45, 2.75) is 48.0 Å². The molecule has 0 spiro atoms. The summed E-state index contributed by atoms with van der Waals surface area (Å²) in [7, 11) is 0. The fraction of sp³-hybridized carbons (Fsp3) is 0.200. The van der Waals surface area contributed by atoms with E-state index in [2.05, 4.69) is 88.4 Å². The maximum Gasteiger partial charge on any atom is 0.135 e. The van der Waals surface area contributed by atoms with Gasteiger partial charge in [0.1, 0.15) is 23.0 Å². The summed E-state index contributed by atoms with van der Waals surface area (Å²) < 4.78 is 12.5. The van der Waals surface area contributed by atoms with Gasteiger partial charge in [-0.05, 0) is 118 Å². The number of hydrogen-bond acceptors (Lipinski definition) is 2. The molecule has 0 aliphatic carbocycles. The zero-order valence-electron chi connectivity index (χ0n) is 22.8. The SMILES string of the molecule is CC=Cc1c(C)cc(C)cc1Oc1ccc(Cc2ccc(Oc3cc(C)cc(C)c3C=CC)cc2)cc1. The molecule has 0 radical (unpaired) electrons. The molecule has 0 aromatic heterocycles. The highest BCUT2D eigenvalue weighted by molar-refractivity contribution is 5.63. The van der Waals surface area contributed by atoms with Gasteiger partial charge in [0.2, 0.25) is 0 Å². The molecule has 0 saturated carbocycles. The first-order chi connectivity index (χ1) is 17.9. The average molecular weight is 489 g/mol. The van der Waals surface area contributed by atoms with Gasteiger partial charge in [0.15, 0.2) is 0 Å². The second-order valence-electron chi connectivity index (χ2n) is 9.66. The normalized spacial score (nSPS) is 11.4. The molecule has 0 heterocycles. The Labute approximate surface area is 221 Å². The van der Waals surface area contributed by atoms with Gasteiger partial charge in [0.25, 0.3) is 0 Å². The third-order valence-corrected chi connectivity index (χ3v) is 6.36. The molecule has 0 fully saturated rings. The molecule has 0 atom stereocenters. The van der Waals surface area contributed by atoms with Gasteiger partial charge in [-0.15, -0.1) is 0 Å². The lowest BCUT2D eigenvalue weighted by atomic mass is 10.0. The van der Waals surface area contributed by atoms with Crippen molar-refractivity contribution in [3.8, 4) is 23.0 Å². The Balaban J connectivity index is 1.45. The molecule has 188 valence electrons. The van der Waals surface area contributed by atoms with E-state index in [1.54, 1.807) is 0 Å². The summed E-state index contributed by atoms with van der Waals surface area (Å²) in [5.41, 5.74) is 9.54. The van der Waals surface area contributed by atoms with Gasteiger partial charge in [0.05, 0.1) is 0 Å². The van der Waals surface area contributed by atoms with E-state index in [4.69, 9.17) is 9.47 Å². The predicted octanol–water partition coefficient (Wildman–Crippen LogP) is 10.2. The van der Waals surface area contributed by atoms with Gasteiger partial charge in [0, 0.05) is 11.1 Å². The van der Waals surface area contributed by atoms with Crippen LogP contribution in [0.15, 0.2) is 84.9 Å². The minimum absolute atomic E-state index is 0.841. The Morgan fingerprint density at radius 3 is 1.27 bits per heavy atom. The zero-order chi connectivity index (χ0) is 26.4. The minimum Gasteiger partial charge on any atom is -0.457 e. The van der Waals surface area contributed by atoms with Crippen LogP contribution in [0.25, 0.3) is 12.2 Å². The van der Waals surface area contributed by atoms with Crippen LogP contribution in [0.1, 0.15) is 58.4 Å². The van der Waals surface area contributed by atoms with Crippen LogP contribution in [-0.4, -0.2) is 0 Å². The van der Waals surface area contributed by atoms with Crippen molar-refractivity contribution in [3.05, 3.63) is 129 Å². The molecule has 37 heavy (non-hydrogen) atoms. The monoisotopic (exact) mass is 488 g/mol. The summed E-state index contributed by atoms with van der Waals surface area (Å²) in [5.74, 6) is 3.46. The highest BCUT2D eigenvalue weighted by Crippen LogP contribution is 2.32.